The van der Waals surface area contributed by atoms with Crippen LogP contribution in [0.1, 0.15) is 23.3 Å². The van der Waals surface area contributed by atoms with E-state index in [1.165, 1.54) is 6.20 Å². The molecule has 0 aliphatic rings. The van der Waals surface area contributed by atoms with Gasteiger partial charge in [0.05, 0.1) is 0 Å². The van der Waals surface area contributed by atoms with Gasteiger partial charge in [0, 0.05) is 23.3 Å². The zero-order valence-corrected chi connectivity index (χ0v) is 9.82. The lowest BCUT2D eigenvalue weighted by Gasteiger charge is -2.06. The third kappa shape index (κ3) is 3.57. The Morgan fingerprint density at radius 1 is 1.22 bits per heavy atom. The number of carbonyl (C=O) groups excluding carboxylic acids is 1. The van der Waals surface area contributed by atoms with E-state index in [1.54, 1.807) is 12.1 Å². The standard InChI is InChI=1S/C13H11ClN2O.CH4/c14-12-4-2-1-3-11(12)8-16-13-6-5-10(9-17)7-15-13;/h1-7,9H,8H2,(H,15,16);1H4. The molecule has 1 aromatic heterocycles. The van der Waals surface area contributed by atoms with E-state index in [2.05, 4.69) is 10.3 Å². The molecule has 3 nitrogen and oxygen atoms in total. The van der Waals surface area contributed by atoms with Gasteiger partial charge in [0.25, 0.3) is 0 Å². The summed E-state index contributed by atoms with van der Waals surface area (Å²) >= 11 is 6.03. The van der Waals surface area contributed by atoms with E-state index in [1.807, 2.05) is 24.3 Å². The van der Waals surface area contributed by atoms with Crippen molar-refractivity contribution in [2.45, 2.75) is 14.0 Å². The highest BCUT2D eigenvalue weighted by Gasteiger charge is 1.99. The van der Waals surface area contributed by atoms with Gasteiger partial charge in [0.15, 0.2) is 6.29 Å². The molecule has 0 unspecified atom stereocenters. The highest BCUT2D eigenvalue weighted by molar-refractivity contribution is 6.31. The van der Waals surface area contributed by atoms with Crippen LogP contribution in [0.5, 0.6) is 0 Å². The molecule has 4 heteroatoms. The number of pyridine rings is 1. The van der Waals surface area contributed by atoms with Gasteiger partial charge in [0.1, 0.15) is 5.82 Å². The maximum absolute atomic E-state index is 10.5. The summed E-state index contributed by atoms with van der Waals surface area (Å²) in [6.45, 7) is 0.604. The number of hydrogen-bond acceptors (Lipinski definition) is 3. The Labute approximate surface area is 112 Å². The quantitative estimate of drug-likeness (QED) is 0.853. The molecule has 1 heterocycles. The number of aromatic nitrogens is 1. The minimum absolute atomic E-state index is 0. The fourth-order valence-electron chi connectivity index (χ4n) is 1.41. The third-order valence-electron chi connectivity index (χ3n) is 2.34. The topological polar surface area (TPSA) is 42.0 Å². The van der Waals surface area contributed by atoms with E-state index < -0.39 is 0 Å². The van der Waals surface area contributed by atoms with E-state index >= 15 is 0 Å². The van der Waals surface area contributed by atoms with E-state index in [9.17, 15) is 4.79 Å². The second kappa shape index (κ2) is 6.77. The lowest BCUT2D eigenvalue weighted by molar-refractivity contribution is 0.112. The molecule has 0 spiro atoms. The fourth-order valence-corrected chi connectivity index (χ4v) is 1.61. The van der Waals surface area contributed by atoms with Crippen LogP contribution >= 0.6 is 11.6 Å². The molecule has 0 saturated heterocycles. The van der Waals surface area contributed by atoms with Gasteiger partial charge in [-0.1, -0.05) is 37.2 Å². The van der Waals surface area contributed by atoms with Gasteiger partial charge in [-0.2, -0.15) is 0 Å². The summed E-state index contributed by atoms with van der Waals surface area (Å²) in [4.78, 5) is 14.6. The van der Waals surface area contributed by atoms with Gasteiger partial charge in [-0.15, -0.1) is 0 Å². The zero-order valence-electron chi connectivity index (χ0n) is 9.06. The molecule has 18 heavy (non-hydrogen) atoms. The van der Waals surface area contributed by atoms with Crippen LogP contribution in [-0.4, -0.2) is 11.3 Å². The molecule has 0 aliphatic carbocycles. The van der Waals surface area contributed by atoms with Crippen LogP contribution in [0, 0.1) is 0 Å². The van der Waals surface area contributed by atoms with E-state index in [4.69, 9.17) is 11.6 Å². The van der Waals surface area contributed by atoms with Crippen molar-refractivity contribution in [3.05, 3.63) is 58.7 Å². The van der Waals surface area contributed by atoms with Crippen molar-refractivity contribution in [1.29, 1.82) is 0 Å². The molecular weight excluding hydrogens is 248 g/mol. The Morgan fingerprint density at radius 3 is 2.61 bits per heavy atom. The van der Waals surface area contributed by atoms with Crippen molar-refractivity contribution in [2.75, 3.05) is 5.32 Å². The minimum atomic E-state index is 0. The Bertz CT molecular complexity index is 511. The molecule has 1 aromatic carbocycles. The summed E-state index contributed by atoms with van der Waals surface area (Å²) < 4.78 is 0. The minimum Gasteiger partial charge on any atom is -0.366 e. The molecule has 0 atom stereocenters. The monoisotopic (exact) mass is 262 g/mol. The van der Waals surface area contributed by atoms with Crippen LogP contribution in [-0.2, 0) is 6.54 Å². The number of rotatable bonds is 4. The predicted molar refractivity (Wildman–Crippen MR) is 75.1 cm³/mol. The first-order valence-corrected chi connectivity index (χ1v) is 5.56. The predicted octanol–water partition coefficient (Wildman–Crippen LogP) is 3.80. The van der Waals surface area contributed by atoms with E-state index in [0.29, 0.717) is 12.1 Å². The van der Waals surface area contributed by atoms with Crippen molar-refractivity contribution in [3.63, 3.8) is 0 Å². The normalized spacial score (nSPS) is 9.39. The summed E-state index contributed by atoms with van der Waals surface area (Å²) in [5.74, 6) is 0.718. The van der Waals surface area contributed by atoms with Gasteiger partial charge >= 0.3 is 0 Å². The van der Waals surface area contributed by atoms with Crippen molar-refractivity contribution >= 4 is 23.7 Å². The number of nitrogens with one attached hydrogen (secondary N) is 1. The molecule has 0 radical (unpaired) electrons. The van der Waals surface area contributed by atoms with Crippen molar-refractivity contribution in [1.82, 2.24) is 4.98 Å². The maximum atomic E-state index is 10.5. The molecule has 1 N–H and O–H groups in total. The van der Waals surface area contributed by atoms with Crippen LogP contribution in [0.15, 0.2) is 42.6 Å². The van der Waals surface area contributed by atoms with E-state index in [-0.39, 0.29) is 7.43 Å². The molecule has 0 amide bonds. The molecule has 0 saturated carbocycles. The largest absolute Gasteiger partial charge is 0.366 e. The number of anilines is 1. The van der Waals surface area contributed by atoms with Gasteiger partial charge < -0.3 is 5.32 Å². The first-order chi connectivity index (χ1) is 8.29. The summed E-state index contributed by atoms with van der Waals surface area (Å²) in [6, 6.07) is 11.1. The molecule has 0 aliphatic heterocycles. The van der Waals surface area contributed by atoms with Gasteiger partial charge in [-0.25, -0.2) is 4.98 Å². The number of benzene rings is 1. The zero-order chi connectivity index (χ0) is 12.1. The maximum Gasteiger partial charge on any atom is 0.151 e. The molecule has 2 aromatic rings. The lowest BCUT2D eigenvalue weighted by atomic mass is 10.2. The van der Waals surface area contributed by atoms with Crippen LogP contribution in [0.25, 0.3) is 0 Å². The molecule has 2 rings (SSSR count). The summed E-state index contributed by atoms with van der Waals surface area (Å²) in [5.41, 5.74) is 1.57. The fraction of sp³-hybridized carbons (Fsp3) is 0.143. The Balaban J connectivity index is 0.00000162. The number of nitrogens with zero attached hydrogens (tertiary/aromatic N) is 1. The summed E-state index contributed by atoms with van der Waals surface area (Å²) in [7, 11) is 0. The molecular formula is C14H15ClN2O. The van der Waals surface area contributed by atoms with Gasteiger partial charge in [-0.05, 0) is 23.8 Å². The molecule has 94 valence electrons. The molecule has 0 bridgehead atoms. The summed E-state index contributed by atoms with van der Waals surface area (Å²) in [6.07, 6.45) is 2.30. The van der Waals surface area contributed by atoms with Gasteiger partial charge in [0.2, 0.25) is 0 Å². The smallest absolute Gasteiger partial charge is 0.151 e. The average Bonchev–Trinajstić information content (AvgIpc) is 2.38. The van der Waals surface area contributed by atoms with Crippen LogP contribution in [0.3, 0.4) is 0 Å². The number of halogens is 1. The highest BCUT2D eigenvalue weighted by Crippen LogP contribution is 2.16. The van der Waals surface area contributed by atoms with Crippen LogP contribution < -0.4 is 5.32 Å². The van der Waals surface area contributed by atoms with Gasteiger partial charge in [-0.3, -0.25) is 4.79 Å². The highest BCUT2D eigenvalue weighted by atomic mass is 35.5. The number of hydrogen-bond donors (Lipinski definition) is 1. The average molecular weight is 263 g/mol. The number of carbonyl (C=O) groups is 1. The third-order valence-corrected chi connectivity index (χ3v) is 2.71. The number of aldehydes is 1. The Hall–Kier alpha value is -1.87. The first kappa shape index (κ1) is 14.2. The Kier molecular flexibility index (Phi) is 5.33. The summed E-state index contributed by atoms with van der Waals surface area (Å²) in [5, 5.41) is 3.87. The molecule has 0 fully saturated rings. The lowest BCUT2D eigenvalue weighted by Crippen LogP contribution is -2.01. The second-order valence-corrected chi connectivity index (χ2v) is 3.95. The van der Waals surface area contributed by atoms with Crippen LogP contribution in [0.2, 0.25) is 5.02 Å². The van der Waals surface area contributed by atoms with E-state index in [0.717, 1.165) is 22.7 Å². The van der Waals surface area contributed by atoms with Crippen molar-refractivity contribution in [2.24, 2.45) is 0 Å². The first-order valence-electron chi connectivity index (χ1n) is 5.18. The van der Waals surface area contributed by atoms with Crippen molar-refractivity contribution in [3.8, 4) is 0 Å². The Morgan fingerprint density at radius 2 is 2.00 bits per heavy atom. The second-order valence-electron chi connectivity index (χ2n) is 3.54. The SMILES string of the molecule is C.O=Cc1ccc(NCc2ccccc2Cl)nc1. The van der Waals surface area contributed by atoms with Crippen molar-refractivity contribution < 1.29 is 4.79 Å². The van der Waals surface area contributed by atoms with Crippen LogP contribution in [0.4, 0.5) is 5.82 Å².